The molecule has 11 heteroatoms. The number of carboxylic acid groups (broad SMARTS) is 1. The van der Waals surface area contributed by atoms with Crippen molar-refractivity contribution in [3.8, 4) is 5.75 Å². The van der Waals surface area contributed by atoms with Gasteiger partial charge in [0.15, 0.2) is 11.9 Å². The monoisotopic (exact) mass is 518 g/mol. The molecular formula is C27H26N4O7. The quantitative estimate of drug-likeness (QED) is 0.536. The SMILES string of the molecule is CC1COc2c(N3CCCc4cc(N5C[C@H](C(N)=O)OC5=O)ccc4C3)ccc3c(=O)c(C(=O)O)cn1c23. The molecule has 0 saturated carbocycles. The maximum atomic E-state index is 12.9. The number of aromatic carboxylic acids is 1. The summed E-state index contributed by atoms with van der Waals surface area (Å²) in [5, 5.41) is 9.86. The van der Waals surface area contributed by atoms with Gasteiger partial charge in [-0.05, 0) is 55.2 Å². The molecule has 6 rings (SSSR count). The van der Waals surface area contributed by atoms with Crippen LogP contribution in [0.25, 0.3) is 10.9 Å². The average Bonchev–Trinajstić information content (AvgIpc) is 3.16. The summed E-state index contributed by atoms with van der Waals surface area (Å²) in [6, 6.07) is 9.14. The molecule has 0 spiro atoms. The lowest BCUT2D eigenvalue weighted by molar-refractivity contribution is -0.124. The van der Waals surface area contributed by atoms with Crippen LogP contribution in [0.4, 0.5) is 16.2 Å². The van der Waals surface area contributed by atoms with Gasteiger partial charge in [0.25, 0.3) is 5.91 Å². The summed E-state index contributed by atoms with van der Waals surface area (Å²) in [5.41, 5.74) is 8.80. The van der Waals surface area contributed by atoms with E-state index in [1.165, 1.54) is 11.1 Å². The zero-order valence-electron chi connectivity index (χ0n) is 20.7. The minimum Gasteiger partial charge on any atom is -0.487 e. The Kier molecular flexibility index (Phi) is 5.51. The molecule has 2 atom stereocenters. The largest absolute Gasteiger partial charge is 0.487 e. The molecule has 38 heavy (non-hydrogen) atoms. The molecule has 4 heterocycles. The predicted molar refractivity (Wildman–Crippen MR) is 138 cm³/mol. The van der Waals surface area contributed by atoms with Crippen molar-refractivity contribution >= 4 is 40.2 Å². The van der Waals surface area contributed by atoms with E-state index in [0.29, 0.717) is 35.5 Å². The van der Waals surface area contributed by atoms with E-state index < -0.39 is 29.5 Å². The number of cyclic esters (lactones) is 1. The Labute approximate surface area is 216 Å². The fourth-order valence-corrected chi connectivity index (χ4v) is 5.52. The molecule has 0 radical (unpaired) electrons. The molecule has 3 aromatic rings. The van der Waals surface area contributed by atoms with Gasteiger partial charge in [-0.25, -0.2) is 9.59 Å². The summed E-state index contributed by atoms with van der Waals surface area (Å²) in [4.78, 5) is 52.0. The van der Waals surface area contributed by atoms with Crippen molar-refractivity contribution in [2.75, 3.05) is 29.5 Å². The number of carboxylic acids is 1. The van der Waals surface area contributed by atoms with Gasteiger partial charge in [-0.15, -0.1) is 0 Å². The van der Waals surface area contributed by atoms with Gasteiger partial charge in [-0.1, -0.05) is 6.07 Å². The number of hydrogen-bond acceptors (Lipinski definition) is 7. The lowest BCUT2D eigenvalue weighted by atomic mass is 10.0. The molecule has 1 saturated heterocycles. The van der Waals surface area contributed by atoms with E-state index in [0.717, 1.165) is 36.2 Å². The van der Waals surface area contributed by atoms with Crippen LogP contribution in [0.3, 0.4) is 0 Å². The van der Waals surface area contributed by atoms with Crippen molar-refractivity contribution in [2.45, 2.75) is 38.5 Å². The second kappa shape index (κ2) is 8.79. The minimum atomic E-state index is -1.25. The third kappa shape index (κ3) is 3.73. The van der Waals surface area contributed by atoms with Gasteiger partial charge in [-0.3, -0.25) is 14.5 Å². The number of rotatable bonds is 4. The molecular weight excluding hydrogens is 492 g/mol. The van der Waals surface area contributed by atoms with Gasteiger partial charge in [0.1, 0.15) is 12.2 Å². The fourth-order valence-electron chi connectivity index (χ4n) is 5.52. The molecule has 1 aromatic heterocycles. The Hall–Kier alpha value is -4.54. The molecule has 1 unspecified atom stereocenters. The molecule has 3 aliphatic heterocycles. The van der Waals surface area contributed by atoms with E-state index in [1.807, 2.05) is 35.8 Å². The number of pyridine rings is 1. The summed E-state index contributed by atoms with van der Waals surface area (Å²) < 4.78 is 13.1. The first kappa shape index (κ1) is 23.8. The Balaban J connectivity index is 1.36. The Morgan fingerprint density at radius 3 is 2.68 bits per heavy atom. The summed E-state index contributed by atoms with van der Waals surface area (Å²) in [6.07, 6.45) is 1.48. The van der Waals surface area contributed by atoms with Crippen molar-refractivity contribution in [1.29, 1.82) is 0 Å². The van der Waals surface area contributed by atoms with Crippen LogP contribution in [0.1, 0.15) is 40.9 Å². The summed E-state index contributed by atoms with van der Waals surface area (Å²) in [6.45, 7) is 3.67. The minimum absolute atomic E-state index is 0.0839. The number of hydrogen-bond donors (Lipinski definition) is 2. The number of ether oxygens (including phenoxy) is 2. The number of nitrogens with two attached hydrogens (primary N) is 1. The molecule has 2 aromatic carbocycles. The number of aromatic nitrogens is 1. The van der Waals surface area contributed by atoms with Crippen molar-refractivity contribution in [3.63, 3.8) is 0 Å². The maximum absolute atomic E-state index is 12.9. The van der Waals surface area contributed by atoms with Gasteiger partial charge < -0.3 is 29.8 Å². The number of carbonyl (C=O) groups is 3. The highest BCUT2D eigenvalue weighted by Crippen LogP contribution is 2.41. The predicted octanol–water partition coefficient (Wildman–Crippen LogP) is 2.42. The van der Waals surface area contributed by atoms with Crippen LogP contribution in [0, 0.1) is 0 Å². The number of primary amides is 1. The van der Waals surface area contributed by atoms with Crippen LogP contribution < -0.4 is 25.7 Å². The van der Waals surface area contributed by atoms with Crippen LogP contribution >= 0.6 is 0 Å². The fraction of sp³-hybridized carbons (Fsp3) is 0.333. The zero-order chi connectivity index (χ0) is 26.7. The normalized spacial score (nSPS) is 20.5. The van der Waals surface area contributed by atoms with E-state index in [9.17, 15) is 24.3 Å². The summed E-state index contributed by atoms with van der Waals surface area (Å²) >= 11 is 0. The number of aryl methyl sites for hydroxylation is 1. The van der Waals surface area contributed by atoms with Gasteiger partial charge >= 0.3 is 12.1 Å². The van der Waals surface area contributed by atoms with E-state index in [4.69, 9.17) is 15.2 Å². The first-order chi connectivity index (χ1) is 18.2. The first-order valence-electron chi connectivity index (χ1n) is 12.4. The highest BCUT2D eigenvalue weighted by molar-refractivity contribution is 5.97. The molecule has 3 aliphatic rings. The summed E-state index contributed by atoms with van der Waals surface area (Å²) in [5.74, 6) is -1.35. The molecule has 3 N–H and O–H groups in total. The molecule has 11 nitrogen and oxygen atoms in total. The van der Waals surface area contributed by atoms with E-state index >= 15 is 0 Å². The second-order valence-corrected chi connectivity index (χ2v) is 9.92. The van der Waals surface area contributed by atoms with Crippen molar-refractivity contribution in [3.05, 3.63) is 63.4 Å². The van der Waals surface area contributed by atoms with Crippen LogP contribution in [-0.4, -0.2) is 53.4 Å². The highest BCUT2D eigenvalue weighted by Gasteiger charge is 2.36. The third-order valence-corrected chi connectivity index (χ3v) is 7.51. The number of anilines is 2. The number of fused-ring (bicyclic) bond motifs is 1. The number of nitrogens with zero attached hydrogens (tertiary/aromatic N) is 3. The Morgan fingerprint density at radius 1 is 1.13 bits per heavy atom. The van der Waals surface area contributed by atoms with E-state index in [2.05, 4.69) is 4.90 Å². The van der Waals surface area contributed by atoms with Crippen molar-refractivity contribution in [2.24, 2.45) is 5.73 Å². The van der Waals surface area contributed by atoms with E-state index in [-0.39, 0.29) is 18.2 Å². The Morgan fingerprint density at radius 2 is 1.95 bits per heavy atom. The first-order valence-corrected chi connectivity index (χ1v) is 12.4. The zero-order valence-corrected chi connectivity index (χ0v) is 20.7. The van der Waals surface area contributed by atoms with Crippen molar-refractivity contribution < 1.29 is 29.0 Å². The lowest BCUT2D eigenvalue weighted by Crippen LogP contribution is -2.32. The number of benzene rings is 2. The Bertz CT molecular complexity index is 1580. The second-order valence-electron chi connectivity index (χ2n) is 9.92. The van der Waals surface area contributed by atoms with E-state index in [1.54, 1.807) is 6.07 Å². The molecule has 0 bridgehead atoms. The summed E-state index contributed by atoms with van der Waals surface area (Å²) in [7, 11) is 0. The van der Waals surface area contributed by atoms with Crippen LogP contribution in [0.15, 0.2) is 41.3 Å². The van der Waals surface area contributed by atoms with Crippen LogP contribution in [0.2, 0.25) is 0 Å². The van der Waals surface area contributed by atoms with Gasteiger partial charge in [0, 0.05) is 25.0 Å². The third-order valence-electron chi connectivity index (χ3n) is 7.51. The maximum Gasteiger partial charge on any atom is 0.415 e. The molecule has 2 amide bonds. The molecule has 0 aliphatic carbocycles. The topological polar surface area (TPSA) is 144 Å². The van der Waals surface area contributed by atoms with Crippen molar-refractivity contribution in [1.82, 2.24) is 4.57 Å². The lowest BCUT2D eigenvalue weighted by Gasteiger charge is -2.32. The van der Waals surface area contributed by atoms with Gasteiger partial charge in [0.05, 0.1) is 29.2 Å². The molecule has 1 fully saturated rings. The number of amides is 2. The standard InChI is InChI=1S/C27H26N4O7/c1-14-13-37-24-20(7-6-18-22(24)30(14)11-19(23(18)32)26(34)35)29-8-2-3-15-9-17(5-4-16(15)10-29)31-12-21(25(28)33)38-27(31)36/h4-7,9,11,14,21H,2-3,8,10,12-13H2,1H3,(H2,28,33)(H,34,35)/t14?,21-/m1/s1. The average molecular weight is 519 g/mol. The smallest absolute Gasteiger partial charge is 0.415 e. The van der Waals surface area contributed by atoms with Crippen LogP contribution in [0.5, 0.6) is 5.75 Å². The number of carbonyl (C=O) groups excluding carboxylic acids is 2. The van der Waals surface area contributed by atoms with Gasteiger partial charge in [-0.2, -0.15) is 0 Å². The molecule has 196 valence electrons. The van der Waals surface area contributed by atoms with Crippen LogP contribution in [-0.2, 0) is 22.5 Å². The highest BCUT2D eigenvalue weighted by atomic mass is 16.6. The van der Waals surface area contributed by atoms with Gasteiger partial charge in [0.2, 0.25) is 5.43 Å².